The van der Waals surface area contributed by atoms with Gasteiger partial charge in [-0.05, 0) is 43.4 Å². The summed E-state index contributed by atoms with van der Waals surface area (Å²) in [4.78, 5) is 12.0. The quantitative estimate of drug-likeness (QED) is 0.886. The predicted octanol–water partition coefficient (Wildman–Crippen LogP) is 1.77. The molecule has 5 heteroatoms. The summed E-state index contributed by atoms with van der Waals surface area (Å²) in [5.41, 5.74) is 7.82. The van der Waals surface area contributed by atoms with Gasteiger partial charge in [0.05, 0.1) is 18.2 Å². The smallest absolute Gasteiger partial charge is 0.255 e. The van der Waals surface area contributed by atoms with Crippen LogP contribution in [0.1, 0.15) is 47.6 Å². The molecular formula is C16H22N2O3. The zero-order valence-electron chi connectivity index (χ0n) is 12.1. The van der Waals surface area contributed by atoms with Crippen molar-refractivity contribution in [3.63, 3.8) is 0 Å². The number of nitrogens with one attached hydrogen (secondary N) is 1. The number of amides is 1. The highest BCUT2D eigenvalue weighted by atomic mass is 16.5. The Morgan fingerprint density at radius 3 is 3.10 bits per heavy atom. The van der Waals surface area contributed by atoms with Crippen LogP contribution < -0.4 is 15.8 Å². The van der Waals surface area contributed by atoms with Gasteiger partial charge in [0.25, 0.3) is 5.91 Å². The molecule has 0 aromatic heterocycles. The highest BCUT2D eigenvalue weighted by molar-refractivity contribution is 5.97. The Kier molecular flexibility index (Phi) is 4.41. The van der Waals surface area contributed by atoms with Crippen molar-refractivity contribution in [1.29, 1.82) is 0 Å². The van der Waals surface area contributed by atoms with Crippen molar-refractivity contribution >= 4 is 5.91 Å². The van der Waals surface area contributed by atoms with E-state index in [9.17, 15) is 4.79 Å². The van der Waals surface area contributed by atoms with Crippen LogP contribution in [0.5, 0.6) is 5.75 Å². The van der Waals surface area contributed by atoms with E-state index in [4.69, 9.17) is 15.2 Å². The second kappa shape index (κ2) is 6.45. The predicted molar refractivity (Wildman–Crippen MR) is 79.4 cm³/mol. The number of rotatable bonds is 4. The van der Waals surface area contributed by atoms with Crippen molar-refractivity contribution in [3.05, 3.63) is 29.3 Å². The summed E-state index contributed by atoms with van der Waals surface area (Å²) in [6.07, 6.45) is 4.47. The SMILES string of the molecule is NC(CCC1CCCO1)c1ccc2c(c1)C(=O)NCCO2. The highest BCUT2D eigenvalue weighted by Gasteiger charge is 2.20. The summed E-state index contributed by atoms with van der Waals surface area (Å²) in [6.45, 7) is 1.91. The molecule has 2 heterocycles. The number of nitrogens with two attached hydrogens (primary N) is 1. The molecule has 5 nitrogen and oxygen atoms in total. The third-order valence-electron chi connectivity index (χ3n) is 4.15. The molecule has 21 heavy (non-hydrogen) atoms. The van der Waals surface area contributed by atoms with E-state index in [2.05, 4.69) is 5.32 Å². The first-order valence-electron chi connectivity index (χ1n) is 7.66. The van der Waals surface area contributed by atoms with Crippen LogP contribution in [0, 0.1) is 0 Å². The van der Waals surface area contributed by atoms with Crippen LogP contribution in [-0.4, -0.2) is 31.8 Å². The Bertz CT molecular complexity index is 512. The lowest BCUT2D eigenvalue weighted by Gasteiger charge is -2.16. The summed E-state index contributed by atoms with van der Waals surface area (Å²) < 4.78 is 11.2. The lowest BCUT2D eigenvalue weighted by atomic mass is 9.98. The van der Waals surface area contributed by atoms with Crippen LogP contribution in [0.4, 0.5) is 0 Å². The van der Waals surface area contributed by atoms with Crippen LogP contribution in [0.25, 0.3) is 0 Å². The molecule has 1 aromatic carbocycles. The lowest BCUT2D eigenvalue weighted by molar-refractivity contribution is 0.0956. The molecule has 0 bridgehead atoms. The molecule has 1 fully saturated rings. The first kappa shape index (κ1) is 14.4. The molecule has 2 aliphatic rings. The molecule has 1 amide bonds. The van der Waals surface area contributed by atoms with Crippen LogP contribution in [-0.2, 0) is 4.74 Å². The summed E-state index contributed by atoms with van der Waals surface area (Å²) in [5.74, 6) is 0.552. The van der Waals surface area contributed by atoms with Crippen molar-refractivity contribution < 1.29 is 14.3 Å². The maximum atomic E-state index is 12.0. The van der Waals surface area contributed by atoms with E-state index in [1.165, 1.54) is 0 Å². The fraction of sp³-hybridized carbons (Fsp3) is 0.562. The van der Waals surface area contributed by atoms with Crippen molar-refractivity contribution in [2.24, 2.45) is 5.73 Å². The number of hydrogen-bond acceptors (Lipinski definition) is 4. The number of benzene rings is 1. The molecule has 2 aliphatic heterocycles. The Labute approximate surface area is 124 Å². The fourth-order valence-electron chi connectivity index (χ4n) is 2.91. The minimum Gasteiger partial charge on any atom is -0.491 e. The van der Waals surface area contributed by atoms with Gasteiger partial charge in [-0.25, -0.2) is 0 Å². The van der Waals surface area contributed by atoms with Crippen LogP contribution in [0.15, 0.2) is 18.2 Å². The summed E-state index contributed by atoms with van der Waals surface area (Å²) in [6, 6.07) is 5.59. The summed E-state index contributed by atoms with van der Waals surface area (Å²) in [7, 11) is 0. The van der Waals surface area contributed by atoms with E-state index < -0.39 is 0 Å². The second-order valence-corrected chi connectivity index (χ2v) is 5.68. The molecule has 3 N–H and O–H groups in total. The monoisotopic (exact) mass is 290 g/mol. The van der Waals surface area contributed by atoms with Gasteiger partial charge in [0.2, 0.25) is 0 Å². The zero-order chi connectivity index (χ0) is 14.7. The second-order valence-electron chi connectivity index (χ2n) is 5.68. The number of hydrogen-bond donors (Lipinski definition) is 2. The normalized spacial score (nSPS) is 22.9. The van der Waals surface area contributed by atoms with Gasteiger partial charge in [-0.1, -0.05) is 6.07 Å². The van der Waals surface area contributed by atoms with Crippen molar-refractivity contribution in [2.75, 3.05) is 19.8 Å². The molecule has 0 saturated carbocycles. The standard InChI is InChI=1S/C16H22N2O3/c17-14(5-4-12-2-1-8-20-12)11-3-6-15-13(10-11)16(19)18-7-9-21-15/h3,6,10,12,14H,1-2,4-5,7-9,17H2,(H,18,19). The van der Waals surface area contributed by atoms with E-state index >= 15 is 0 Å². The number of fused-ring (bicyclic) bond motifs is 1. The average Bonchev–Trinajstić information content (AvgIpc) is 2.95. The Morgan fingerprint density at radius 2 is 2.29 bits per heavy atom. The van der Waals surface area contributed by atoms with Crippen LogP contribution in [0.2, 0.25) is 0 Å². The van der Waals surface area contributed by atoms with E-state index in [0.717, 1.165) is 37.9 Å². The molecule has 2 unspecified atom stereocenters. The fourth-order valence-corrected chi connectivity index (χ4v) is 2.91. The molecule has 1 aromatic rings. The Hall–Kier alpha value is -1.59. The minimum atomic E-state index is -0.0873. The van der Waals surface area contributed by atoms with Gasteiger partial charge >= 0.3 is 0 Å². The minimum absolute atomic E-state index is 0.0736. The molecule has 3 rings (SSSR count). The van der Waals surface area contributed by atoms with Gasteiger partial charge < -0.3 is 20.5 Å². The van der Waals surface area contributed by atoms with E-state index in [1.54, 1.807) is 0 Å². The number of carbonyl (C=O) groups excluding carboxylic acids is 1. The maximum Gasteiger partial charge on any atom is 0.255 e. The van der Waals surface area contributed by atoms with E-state index in [0.29, 0.717) is 30.6 Å². The third kappa shape index (κ3) is 3.36. The van der Waals surface area contributed by atoms with Gasteiger partial charge in [0.1, 0.15) is 12.4 Å². The van der Waals surface area contributed by atoms with Crippen LogP contribution in [0.3, 0.4) is 0 Å². The topological polar surface area (TPSA) is 73.6 Å². The zero-order valence-corrected chi connectivity index (χ0v) is 12.1. The number of carbonyl (C=O) groups is 1. The van der Waals surface area contributed by atoms with E-state index in [-0.39, 0.29) is 11.9 Å². The van der Waals surface area contributed by atoms with Crippen molar-refractivity contribution in [3.8, 4) is 5.75 Å². The summed E-state index contributed by atoms with van der Waals surface area (Å²) >= 11 is 0. The Morgan fingerprint density at radius 1 is 1.38 bits per heavy atom. The maximum absolute atomic E-state index is 12.0. The van der Waals surface area contributed by atoms with Gasteiger partial charge in [-0.3, -0.25) is 4.79 Å². The molecule has 114 valence electrons. The molecule has 2 atom stereocenters. The molecule has 0 spiro atoms. The van der Waals surface area contributed by atoms with Crippen molar-refractivity contribution in [1.82, 2.24) is 5.32 Å². The van der Waals surface area contributed by atoms with Gasteiger partial charge in [-0.15, -0.1) is 0 Å². The van der Waals surface area contributed by atoms with Gasteiger partial charge in [-0.2, -0.15) is 0 Å². The first-order valence-corrected chi connectivity index (χ1v) is 7.66. The molecule has 0 aliphatic carbocycles. The molecule has 0 radical (unpaired) electrons. The molecule has 1 saturated heterocycles. The van der Waals surface area contributed by atoms with Gasteiger partial charge in [0.15, 0.2) is 0 Å². The first-order chi connectivity index (χ1) is 10.2. The number of ether oxygens (including phenoxy) is 2. The Balaban J connectivity index is 1.68. The van der Waals surface area contributed by atoms with Gasteiger partial charge in [0, 0.05) is 12.6 Å². The lowest BCUT2D eigenvalue weighted by Crippen LogP contribution is -2.24. The highest BCUT2D eigenvalue weighted by Crippen LogP contribution is 2.27. The summed E-state index contributed by atoms with van der Waals surface area (Å²) in [5, 5.41) is 2.82. The third-order valence-corrected chi connectivity index (χ3v) is 4.15. The van der Waals surface area contributed by atoms with Crippen molar-refractivity contribution in [2.45, 2.75) is 37.8 Å². The van der Waals surface area contributed by atoms with Crippen LogP contribution >= 0.6 is 0 Å². The largest absolute Gasteiger partial charge is 0.491 e. The average molecular weight is 290 g/mol. The van der Waals surface area contributed by atoms with E-state index in [1.807, 2.05) is 18.2 Å². The molecular weight excluding hydrogens is 268 g/mol.